The Morgan fingerprint density at radius 3 is 1.82 bits per heavy atom. The Morgan fingerprint density at radius 1 is 0.788 bits per heavy atom. The Labute approximate surface area is 201 Å². The molecular formula is C30H43NO2. The first-order valence-corrected chi connectivity index (χ1v) is 12.4. The van der Waals surface area contributed by atoms with E-state index in [0.717, 1.165) is 25.9 Å². The van der Waals surface area contributed by atoms with Gasteiger partial charge in [-0.1, -0.05) is 84.0 Å². The van der Waals surface area contributed by atoms with Crippen molar-refractivity contribution in [2.45, 2.75) is 97.5 Å². The van der Waals surface area contributed by atoms with E-state index in [1.807, 2.05) is 25.7 Å². The summed E-state index contributed by atoms with van der Waals surface area (Å²) in [4.78, 5) is 14.3. The van der Waals surface area contributed by atoms with Crippen molar-refractivity contribution in [2.24, 2.45) is 0 Å². The van der Waals surface area contributed by atoms with Gasteiger partial charge >= 0.3 is 6.09 Å². The number of ether oxygens (including phenoxy) is 1. The normalized spacial score (nSPS) is 16.1. The largest absolute Gasteiger partial charge is 0.444 e. The average molecular weight is 450 g/mol. The van der Waals surface area contributed by atoms with Gasteiger partial charge in [0.15, 0.2) is 0 Å². The molecule has 0 saturated carbocycles. The highest BCUT2D eigenvalue weighted by molar-refractivity contribution is 5.69. The van der Waals surface area contributed by atoms with E-state index < -0.39 is 5.60 Å². The third-order valence-corrected chi connectivity index (χ3v) is 6.50. The molecule has 0 unspecified atom stereocenters. The minimum absolute atomic E-state index is 0.0993. The molecule has 3 heteroatoms. The first kappa shape index (κ1) is 25.3. The molecule has 3 rings (SSSR count). The number of hydrogen-bond donors (Lipinski definition) is 0. The molecule has 180 valence electrons. The van der Waals surface area contributed by atoms with Crippen molar-refractivity contribution in [3.8, 4) is 11.1 Å². The second-order valence-electron chi connectivity index (χ2n) is 12.7. The number of likely N-dealkylation sites (tertiary alicyclic amines) is 1. The number of carbonyl (C=O) groups is 1. The predicted octanol–water partition coefficient (Wildman–Crippen LogP) is 8.06. The molecule has 0 radical (unpaired) electrons. The summed E-state index contributed by atoms with van der Waals surface area (Å²) in [7, 11) is 0. The molecule has 33 heavy (non-hydrogen) atoms. The molecular weight excluding hydrogens is 406 g/mol. The van der Waals surface area contributed by atoms with Crippen molar-refractivity contribution in [3.63, 3.8) is 0 Å². The van der Waals surface area contributed by atoms with Gasteiger partial charge in [0, 0.05) is 13.1 Å². The SMILES string of the molecule is CC(C)(C)OC(=O)N1CCC(c2cccc(-c3cc(C(C)(C)C)cc(C(C)(C)C)c3)c2)CC1. The van der Waals surface area contributed by atoms with Crippen LogP contribution in [0.2, 0.25) is 0 Å². The van der Waals surface area contributed by atoms with Gasteiger partial charge in [-0.25, -0.2) is 4.79 Å². The van der Waals surface area contributed by atoms with Crippen molar-refractivity contribution < 1.29 is 9.53 Å². The summed E-state index contributed by atoms with van der Waals surface area (Å²) in [6, 6.07) is 16.1. The summed E-state index contributed by atoms with van der Waals surface area (Å²) in [6.07, 6.45) is 1.75. The van der Waals surface area contributed by atoms with Gasteiger partial charge in [0.1, 0.15) is 5.60 Å². The second-order valence-corrected chi connectivity index (χ2v) is 12.7. The zero-order valence-electron chi connectivity index (χ0n) is 22.2. The molecule has 0 N–H and O–H groups in total. The van der Waals surface area contributed by atoms with Gasteiger partial charge in [-0.2, -0.15) is 0 Å². The van der Waals surface area contributed by atoms with Crippen LogP contribution in [0.5, 0.6) is 0 Å². The molecule has 0 atom stereocenters. The zero-order valence-corrected chi connectivity index (χ0v) is 22.2. The molecule has 2 aromatic rings. The highest BCUT2D eigenvalue weighted by Crippen LogP contribution is 2.36. The van der Waals surface area contributed by atoms with Crippen molar-refractivity contribution in [3.05, 3.63) is 59.2 Å². The Bertz CT molecular complexity index is 945. The first-order valence-electron chi connectivity index (χ1n) is 12.4. The van der Waals surface area contributed by atoms with E-state index in [9.17, 15) is 4.79 Å². The first-order chi connectivity index (χ1) is 15.1. The maximum Gasteiger partial charge on any atom is 0.410 e. The molecule has 0 bridgehead atoms. The summed E-state index contributed by atoms with van der Waals surface area (Å²) in [5.74, 6) is 0.469. The van der Waals surface area contributed by atoms with Crippen LogP contribution in [0.4, 0.5) is 4.79 Å². The predicted molar refractivity (Wildman–Crippen MR) is 139 cm³/mol. The van der Waals surface area contributed by atoms with Crippen LogP contribution in [0.15, 0.2) is 42.5 Å². The second kappa shape index (κ2) is 9.16. The van der Waals surface area contributed by atoms with Gasteiger partial charge in [0.2, 0.25) is 0 Å². The van der Waals surface area contributed by atoms with Gasteiger partial charge in [-0.3, -0.25) is 0 Å². The van der Waals surface area contributed by atoms with Crippen LogP contribution in [0.1, 0.15) is 97.8 Å². The topological polar surface area (TPSA) is 29.5 Å². The van der Waals surface area contributed by atoms with E-state index in [0.29, 0.717) is 5.92 Å². The van der Waals surface area contributed by atoms with Gasteiger partial charge < -0.3 is 9.64 Å². The Hall–Kier alpha value is -2.29. The highest BCUT2D eigenvalue weighted by Gasteiger charge is 2.28. The van der Waals surface area contributed by atoms with Gasteiger partial charge in [-0.05, 0) is 78.2 Å². The van der Waals surface area contributed by atoms with E-state index in [1.54, 1.807) is 0 Å². The number of nitrogens with zero attached hydrogens (tertiary/aromatic N) is 1. The van der Waals surface area contributed by atoms with Crippen molar-refractivity contribution in [2.75, 3.05) is 13.1 Å². The van der Waals surface area contributed by atoms with E-state index in [2.05, 4.69) is 84.0 Å². The lowest BCUT2D eigenvalue weighted by Gasteiger charge is -2.33. The molecule has 0 aliphatic carbocycles. The molecule has 1 aliphatic heterocycles. The van der Waals surface area contributed by atoms with Crippen LogP contribution in [-0.2, 0) is 15.6 Å². The van der Waals surface area contributed by atoms with E-state index in [-0.39, 0.29) is 16.9 Å². The number of carbonyl (C=O) groups excluding carboxylic acids is 1. The van der Waals surface area contributed by atoms with Crippen molar-refractivity contribution in [1.82, 2.24) is 4.90 Å². The van der Waals surface area contributed by atoms with E-state index in [4.69, 9.17) is 4.74 Å². The minimum Gasteiger partial charge on any atom is -0.444 e. The Kier molecular flexibility index (Phi) is 7.03. The summed E-state index contributed by atoms with van der Waals surface area (Å²) in [5, 5.41) is 0. The number of rotatable bonds is 2. The standard InChI is InChI=1S/C30H43NO2/c1-28(2,3)25-18-24(19-26(20-25)29(4,5)6)23-12-10-11-22(17-23)21-13-15-31(16-14-21)27(32)33-30(7,8)9/h10-12,17-21H,13-16H2,1-9H3. The maximum atomic E-state index is 12.4. The van der Waals surface area contributed by atoms with Crippen LogP contribution in [-0.4, -0.2) is 29.7 Å². The average Bonchev–Trinajstić information content (AvgIpc) is 2.71. The maximum absolute atomic E-state index is 12.4. The minimum atomic E-state index is -0.449. The Morgan fingerprint density at radius 2 is 1.33 bits per heavy atom. The molecule has 0 aromatic heterocycles. The fraction of sp³-hybridized carbons (Fsp3) is 0.567. The quantitative estimate of drug-likeness (QED) is 0.464. The van der Waals surface area contributed by atoms with Crippen LogP contribution in [0.3, 0.4) is 0 Å². The number of benzene rings is 2. The molecule has 1 saturated heterocycles. The third kappa shape index (κ3) is 6.62. The number of amides is 1. The Balaban J connectivity index is 1.83. The number of piperidine rings is 1. The van der Waals surface area contributed by atoms with Gasteiger partial charge in [0.25, 0.3) is 0 Å². The molecule has 3 nitrogen and oxygen atoms in total. The smallest absolute Gasteiger partial charge is 0.410 e. The summed E-state index contributed by atoms with van der Waals surface area (Å²) in [5.41, 5.74) is 6.44. The highest BCUT2D eigenvalue weighted by atomic mass is 16.6. The molecule has 0 spiro atoms. The van der Waals surface area contributed by atoms with Crippen molar-refractivity contribution in [1.29, 1.82) is 0 Å². The van der Waals surface area contributed by atoms with Crippen LogP contribution in [0.25, 0.3) is 11.1 Å². The third-order valence-electron chi connectivity index (χ3n) is 6.50. The fourth-order valence-electron chi connectivity index (χ4n) is 4.35. The summed E-state index contributed by atoms with van der Waals surface area (Å²) < 4.78 is 5.56. The van der Waals surface area contributed by atoms with Crippen LogP contribution >= 0.6 is 0 Å². The molecule has 1 fully saturated rings. The van der Waals surface area contributed by atoms with Gasteiger partial charge in [-0.15, -0.1) is 0 Å². The summed E-state index contributed by atoms with van der Waals surface area (Å²) >= 11 is 0. The number of hydrogen-bond acceptors (Lipinski definition) is 2. The summed E-state index contributed by atoms with van der Waals surface area (Å²) in [6.45, 7) is 21.0. The van der Waals surface area contributed by atoms with Crippen LogP contribution in [0, 0.1) is 0 Å². The molecule has 1 heterocycles. The molecule has 1 aliphatic rings. The van der Waals surface area contributed by atoms with E-state index >= 15 is 0 Å². The molecule has 1 amide bonds. The van der Waals surface area contributed by atoms with E-state index in [1.165, 1.54) is 27.8 Å². The zero-order chi connectivity index (χ0) is 24.6. The fourth-order valence-corrected chi connectivity index (χ4v) is 4.35. The monoisotopic (exact) mass is 449 g/mol. The lowest BCUT2D eigenvalue weighted by molar-refractivity contribution is 0.0205. The van der Waals surface area contributed by atoms with Crippen molar-refractivity contribution >= 4 is 6.09 Å². The van der Waals surface area contributed by atoms with Gasteiger partial charge in [0.05, 0.1) is 0 Å². The van der Waals surface area contributed by atoms with Crippen LogP contribution < -0.4 is 0 Å². The molecule has 2 aromatic carbocycles. The lowest BCUT2D eigenvalue weighted by atomic mass is 9.78. The lowest BCUT2D eigenvalue weighted by Crippen LogP contribution is -2.41.